The molecular formula is C28H15ClOS. The molecular weight excluding hydrogens is 420 g/mol. The maximum Gasteiger partial charge on any atom is 0.143 e. The van der Waals surface area contributed by atoms with E-state index in [1.165, 1.54) is 32.0 Å². The summed E-state index contributed by atoms with van der Waals surface area (Å²) < 4.78 is 8.70. The Morgan fingerprint density at radius 2 is 1.23 bits per heavy atom. The van der Waals surface area contributed by atoms with Crippen LogP contribution in [0.25, 0.3) is 64.0 Å². The Labute approximate surface area is 187 Å². The number of halogens is 1. The van der Waals surface area contributed by atoms with Crippen LogP contribution < -0.4 is 0 Å². The summed E-state index contributed by atoms with van der Waals surface area (Å²) in [6.07, 6.45) is 0. The minimum absolute atomic E-state index is 0.811. The minimum Gasteiger partial charge on any atom is -0.455 e. The lowest BCUT2D eigenvalue weighted by Gasteiger charge is -2.09. The number of fused-ring (bicyclic) bond motifs is 8. The van der Waals surface area contributed by atoms with Gasteiger partial charge in [-0.2, -0.15) is 0 Å². The number of para-hydroxylation sites is 1. The second-order valence-corrected chi connectivity index (χ2v) is 9.27. The van der Waals surface area contributed by atoms with E-state index in [9.17, 15) is 0 Å². The topological polar surface area (TPSA) is 13.1 Å². The molecule has 0 radical (unpaired) electrons. The molecule has 0 saturated carbocycles. The predicted octanol–water partition coefficient (Wildman–Crippen LogP) is 9.43. The summed E-state index contributed by atoms with van der Waals surface area (Å²) in [7, 11) is 0. The lowest BCUT2D eigenvalue weighted by molar-refractivity contribution is 0.672. The smallest absolute Gasteiger partial charge is 0.143 e. The fraction of sp³-hybridized carbons (Fsp3) is 0. The Balaban J connectivity index is 1.68. The van der Waals surface area contributed by atoms with Gasteiger partial charge in [0.15, 0.2) is 0 Å². The molecule has 7 rings (SSSR count). The Morgan fingerprint density at radius 3 is 2.10 bits per heavy atom. The van der Waals surface area contributed by atoms with Gasteiger partial charge in [0.1, 0.15) is 11.2 Å². The van der Waals surface area contributed by atoms with Gasteiger partial charge in [0.05, 0.1) is 9.72 Å². The Bertz CT molecular complexity index is 1810. The number of hydrogen-bond acceptors (Lipinski definition) is 2. The fourth-order valence-corrected chi connectivity index (χ4v) is 6.29. The first-order chi connectivity index (χ1) is 15.3. The van der Waals surface area contributed by atoms with Gasteiger partial charge in [-0.1, -0.05) is 84.4 Å². The van der Waals surface area contributed by atoms with Crippen LogP contribution in [0.1, 0.15) is 0 Å². The molecule has 0 aliphatic heterocycles. The Morgan fingerprint density at radius 1 is 0.548 bits per heavy atom. The Hall–Kier alpha value is -3.33. The summed E-state index contributed by atoms with van der Waals surface area (Å²) >= 11 is 8.32. The zero-order valence-electron chi connectivity index (χ0n) is 16.4. The van der Waals surface area contributed by atoms with E-state index in [1.807, 2.05) is 24.3 Å². The van der Waals surface area contributed by atoms with Crippen LogP contribution in [0.5, 0.6) is 0 Å². The van der Waals surface area contributed by atoms with E-state index in [4.69, 9.17) is 16.0 Å². The maximum absolute atomic E-state index is 6.55. The highest BCUT2D eigenvalue weighted by Crippen LogP contribution is 2.46. The SMILES string of the molecule is Clc1cccc2c1sc1c(-c3cc4c5ccccc5oc4c4ccccc34)cccc12. The van der Waals surface area contributed by atoms with Crippen molar-refractivity contribution in [2.75, 3.05) is 0 Å². The second kappa shape index (κ2) is 6.34. The highest BCUT2D eigenvalue weighted by Gasteiger charge is 2.17. The number of benzene rings is 5. The highest BCUT2D eigenvalue weighted by molar-refractivity contribution is 7.27. The molecule has 0 atom stereocenters. The summed E-state index contributed by atoms with van der Waals surface area (Å²) in [6, 6.07) is 31.8. The van der Waals surface area contributed by atoms with Crippen molar-refractivity contribution >= 4 is 75.8 Å². The molecule has 7 aromatic rings. The maximum atomic E-state index is 6.55. The first-order valence-electron chi connectivity index (χ1n) is 10.2. The third kappa shape index (κ3) is 2.38. The van der Waals surface area contributed by atoms with Gasteiger partial charge in [0, 0.05) is 37.2 Å². The van der Waals surface area contributed by atoms with Crippen molar-refractivity contribution in [3.8, 4) is 11.1 Å². The number of rotatable bonds is 1. The molecule has 0 N–H and O–H groups in total. The summed E-state index contributed by atoms with van der Waals surface area (Å²) in [5.74, 6) is 0. The first kappa shape index (κ1) is 17.4. The largest absolute Gasteiger partial charge is 0.455 e. The molecule has 31 heavy (non-hydrogen) atoms. The van der Waals surface area contributed by atoms with Gasteiger partial charge in [-0.15, -0.1) is 11.3 Å². The van der Waals surface area contributed by atoms with Gasteiger partial charge in [-0.3, -0.25) is 0 Å². The van der Waals surface area contributed by atoms with E-state index >= 15 is 0 Å². The molecule has 0 aliphatic rings. The monoisotopic (exact) mass is 434 g/mol. The molecule has 0 spiro atoms. The van der Waals surface area contributed by atoms with Crippen LogP contribution in [0, 0.1) is 0 Å². The normalized spacial score (nSPS) is 12.0. The standard InChI is InChI=1S/C28H15ClOS/c29-24-13-6-12-20-19-10-5-11-21(27(19)31-28(20)24)22-15-23-17-8-3-4-14-25(17)30-26(23)18-9-2-1-7-16(18)22/h1-15H. The van der Waals surface area contributed by atoms with Crippen LogP contribution in [0.15, 0.2) is 95.4 Å². The molecule has 0 bridgehead atoms. The van der Waals surface area contributed by atoms with Crippen LogP contribution in [-0.2, 0) is 0 Å². The van der Waals surface area contributed by atoms with E-state index in [0.29, 0.717) is 0 Å². The average molecular weight is 435 g/mol. The zero-order chi connectivity index (χ0) is 20.5. The number of hydrogen-bond donors (Lipinski definition) is 0. The predicted molar refractivity (Wildman–Crippen MR) is 135 cm³/mol. The van der Waals surface area contributed by atoms with Crippen molar-refractivity contribution in [2.45, 2.75) is 0 Å². The van der Waals surface area contributed by atoms with Gasteiger partial charge in [0.2, 0.25) is 0 Å². The molecule has 1 nitrogen and oxygen atoms in total. The quantitative estimate of drug-likeness (QED) is 0.251. The molecule has 0 amide bonds. The van der Waals surface area contributed by atoms with Crippen LogP contribution in [-0.4, -0.2) is 0 Å². The van der Waals surface area contributed by atoms with Gasteiger partial charge >= 0.3 is 0 Å². The summed E-state index contributed by atoms with van der Waals surface area (Å²) in [5.41, 5.74) is 4.33. The molecule has 0 aliphatic carbocycles. The highest BCUT2D eigenvalue weighted by atomic mass is 35.5. The lowest BCUT2D eigenvalue weighted by Crippen LogP contribution is -1.83. The summed E-state index contributed by atoms with van der Waals surface area (Å²) in [4.78, 5) is 0. The van der Waals surface area contributed by atoms with Gasteiger partial charge in [-0.25, -0.2) is 0 Å². The third-order valence-electron chi connectivity index (χ3n) is 6.15. The van der Waals surface area contributed by atoms with Crippen LogP contribution in [0.4, 0.5) is 0 Å². The van der Waals surface area contributed by atoms with E-state index < -0.39 is 0 Å². The summed E-state index contributed by atoms with van der Waals surface area (Å²) in [5, 5.41) is 7.92. The van der Waals surface area contributed by atoms with Crippen molar-refractivity contribution < 1.29 is 4.42 Å². The van der Waals surface area contributed by atoms with E-state index in [1.54, 1.807) is 11.3 Å². The van der Waals surface area contributed by atoms with Crippen molar-refractivity contribution in [3.63, 3.8) is 0 Å². The summed E-state index contributed by atoms with van der Waals surface area (Å²) in [6.45, 7) is 0. The van der Waals surface area contributed by atoms with Crippen LogP contribution in [0.3, 0.4) is 0 Å². The molecule has 0 saturated heterocycles. The van der Waals surface area contributed by atoms with E-state index in [2.05, 4.69) is 66.7 Å². The molecule has 0 unspecified atom stereocenters. The molecule has 0 fully saturated rings. The Kier molecular flexibility index (Phi) is 3.55. The number of thiophene rings is 1. The van der Waals surface area contributed by atoms with Gasteiger partial charge in [0.25, 0.3) is 0 Å². The van der Waals surface area contributed by atoms with Crippen molar-refractivity contribution in [1.29, 1.82) is 0 Å². The van der Waals surface area contributed by atoms with Crippen LogP contribution in [0.2, 0.25) is 5.02 Å². The van der Waals surface area contributed by atoms with Gasteiger partial charge in [-0.05, 0) is 29.1 Å². The number of furan rings is 1. The molecule has 2 aromatic heterocycles. The molecule has 5 aromatic carbocycles. The molecule has 146 valence electrons. The van der Waals surface area contributed by atoms with Crippen molar-refractivity contribution in [2.24, 2.45) is 0 Å². The van der Waals surface area contributed by atoms with Crippen LogP contribution >= 0.6 is 22.9 Å². The molecule has 2 heterocycles. The first-order valence-corrected chi connectivity index (χ1v) is 11.4. The van der Waals surface area contributed by atoms with Crippen molar-refractivity contribution in [3.05, 3.63) is 96.0 Å². The third-order valence-corrected chi connectivity index (χ3v) is 7.87. The van der Waals surface area contributed by atoms with Crippen molar-refractivity contribution in [1.82, 2.24) is 0 Å². The van der Waals surface area contributed by atoms with Gasteiger partial charge < -0.3 is 4.42 Å². The minimum atomic E-state index is 0.811. The van der Waals surface area contributed by atoms with E-state index in [-0.39, 0.29) is 0 Å². The fourth-order valence-electron chi connectivity index (χ4n) is 4.77. The van der Waals surface area contributed by atoms with E-state index in [0.717, 1.165) is 37.0 Å². The zero-order valence-corrected chi connectivity index (χ0v) is 17.9. The average Bonchev–Trinajstić information content (AvgIpc) is 3.38. The lowest BCUT2D eigenvalue weighted by atomic mass is 9.94. The molecule has 3 heteroatoms. The second-order valence-electron chi connectivity index (χ2n) is 7.85.